The number of pyridine rings is 1. The van der Waals surface area contributed by atoms with Crippen molar-refractivity contribution in [2.75, 3.05) is 26.8 Å². The molecule has 5 rings (SSSR count). The van der Waals surface area contributed by atoms with Crippen LogP contribution >= 0.6 is 0 Å². The van der Waals surface area contributed by atoms with E-state index in [-0.39, 0.29) is 12.0 Å². The third kappa shape index (κ3) is 4.31. The Balaban J connectivity index is 1.36. The number of piperidine rings is 1. The van der Waals surface area contributed by atoms with Crippen molar-refractivity contribution in [2.24, 2.45) is 0 Å². The van der Waals surface area contributed by atoms with Crippen LogP contribution in [0, 0.1) is 11.3 Å². The zero-order valence-corrected chi connectivity index (χ0v) is 18.6. The monoisotopic (exact) mass is 441 g/mol. The average Bonchev–Trinajstić information content (AvgIpc) is 3.29. The van der Waals surface area contributed by atoms with Crippen LogP contribution < -0.4 is 15.0 Å². The molecule has 3 N–H and O–H groups in total. The van der Waals surface area contributed by atoms with Crippen molar-refractivity contribution in [3.05, 3.63) is 72.3 Å². The van der Waals surface area contributed by atoms with Crippen molar-refractivity contribution >= 4 is 16.7 Å². The molecule has 3 heterocycles. The maximum Gasteiger partial charge on any atom is 0.313 e. The van der Waals surface area contributed by atoms with Crippen LogP contribution in [0.3, 0.4) is 0 Å². The highest BCUT2D eigenvalue weighted by molar-refractivity contribution is 5.92. The minimum Gasteiger partial charge on any atom is -0.490 e. The van der Waals surface area contributed by atoms with Gasteiger partial charge in [0.1, 0.15) is 11.9 Å². The van der Waals surface area contributed by atoms with Gasteiger partial charge in [0.25, 0.3) is 5.70 Å². The number of carbonyl (C=O) groups excluding carboxylic acids is 1. The third-order valence-corrected chi connectivity index (χ3v) is 6.46. The lowest BCUT2D eigenvalue weighted by molar-refractivity contribution is -0.918. The molecule has 0 bridgehead atoms. The number of quaternary nitrogens is 2. The highest BCUT2D eigenvalue weighted by Crippen LogP contribution is 2.34. The van der Waals surface area contributed by atoms with Crippen LogP contribution in [0.2, 0.25) is 0 Å². The van der Waals surface area contributed by atoms with Crippen LogP contribution in [-0.2, 0) is 4.79 Å². The van der Waals surface area contributed by atoms with E-state index in [1.165, 1.54) is 0 Å². The molecule has 1 saturated heterocycles. The van der Waals surface area contributed by atoms with Gasteiger partial charge < -0.3 is 9.64 Å². The normalized spacial score (nSPS) is 18.7. The van der Waals surface area contributed by atoms with E-state index in [0.717, 1.165) is 57.8 Å². The van der Waals surface area contributed by atoms with E-state index in [1.54, 1.807) is 12.3 Å². The number of amides is 1. The zero-order chi connectivity index (χ0) is 22.8. The predicted octanol–water partition coefficient (Wildman–Crippen LogP) is 1.03. The van der Waals surface area contributed by atoms with E-state index < -0.39 is 0 Å². The van der Waals surface area contributed by atoms with Crippen molar-refractivity contribution in [3.63, 3.8) is 0 Å². The number of fused-ring (bicyclic) bond motifs is 1. The molecule has 1 unspecified atom stereocenters. The van der Waals surface area contributed by atoms with Gasteiger partial charge in [-0.15, -0.1) is 0 Å². The molecule has 2 aliphatic heterocycles. The summed E-state index contributed by atoms with van der Waals surface area (Å²) >= 11 is 0. The van der Waals surface area contributed by atoms with Gasteiger partial charge in [-0.1, -0.05) is 12.1 Å². The van der Waals surface area contributed by atoms with E-state index >= 15 is 0 Å². The summed E-state index contributed by atoms with van der Waals surface area (Å²) in [6, 6.07) is 15.9. The second-order valence-electron chi connectivity index (χ2n) is 8.67. The van der Waals surface area contributed by atoms with Crippen molar-refractivity contribution < 1.29 is 19.7 Å². The summed E-state index contributed by atoms with van der Waals surface area (Å²) in [5.41, 5.74) is 3.46. The maximum atomic E-state index is 12.8. The second-order valence-corrected chi connectivity index (χ2v) is 8.67. The molecule has 0 aliphatic carbocycles. The van der Waals surface area contributed by atoms with Crippen LogP contribution in [-0.4, -0.2) is 48.7 Å². The van der Waals surface area contributed by atoms with Crippen LogP contribution in [0.5, 0.6) is 5.75 Å². The molecule has 1 fully saturated rings. The van der Waals surface area contributed by atoms with E-state index in [9.17, 15) is 10.1 Å². The Hall–Kier alpha value is -3.73. The highest BCUT2D eigenvalue weighted by Gasteiger charge is 2.33. The standard InChI is InChI=1S/C26H25N5O2/c1-30-17-29-16-24(30)26(32)31-9-6-22(7-10-31)33-25-13-21(12-20-5-8-28-15-23(20)25)19-4-2-3-18(11-19)14-27/h2-5,8,11-13,15-16,22,29H,6-7,9-10,17H2,1H3/p+2. The Morgan fingerprint density at radius 3 is 2.82 bits per heavy atom. The summed E-state index contributed by atoms with van der Waals surface area (Å²) in [6.45, 7) is 2.25. The summed E-state index contributed by atoms with van der Waals surface area (Å²) < 4.78 is 6.49. The van der Waals surface area contributed by atoms with Gasteiger partial charge in [0.2, 0.25) is 6.67 Å². The van der Waals surface area contributed by atoms with Gasteiger partial charge in [0.15, 0.2) is 6.20 Å². The number of hydrogen-bond acceptors (Lipinski definition) is 4. The van der Waals surface area contributed by atoms with Gasteiger partial charge in [0, 0.05) is 43.7 Å². The highest BCUT2D eigenvalue weighted by atomic mass is 16.5. The summed E-state index contributed by atoms with van der Waals surface area (Å²) in [5.74, 6) is 0.925. The Bertz CT molecular complexity index is 1270. The van der Waals surface area contributed by atoms with Gasteiger partial charge in [-0.3, -0.25) is 15.1 Å². The number of rotatable bonds is 4. The summed E-state index contributed by atoms with van der Waals surface area (Å²) in [5, 5.41) is 13.3. The van der Waals surface area contributed by atoms with Gasteiger partial charge in [-0.2, -0.15) is 5.26 Å². The Labute approximate surface area is 192 Å². The number of benzene rings is 2. The number of nitrogens with zero attached hydrogens (tertiary/aromatic N) is 3. The minimum absolute atomic E-state index is 0.0346. The molecule has 0 radical (unpaired) electrons. The molecule has 166 valence electrons. The third-order valence-electron chi connectivity index (χ3n) is 6.46. The van der Waals surface area contributed by atoms with Gasteiger partial charge in [-0.25, -0.2) is 4.90 Å². The lowest BCUT2D eigenvalue weighted by atomic mass is 9.99. The maximum absolute atomic E-state index is 12.8. The largest absolute Gasteiger partial charge is 0.490 e. The topological polar surface area (TPSA) is 87.3 Å². The van der Waals surface area contributed by atoms with Gasteiger partial charge in [-0.05, 0) is 46.8 Å². The molecule has 3 aromatic rings. The molecular weight excluding hydrogens is 414 g/mol. The molecule has 2 aromatic carbocycles. The first-order chi connectivity index (χ1) is 16.1. The number of nitrogens with two attached hydrogens (primary N) is 1. The van der Waals surface area contributed by atoms with Crippen LogP contribution in [0.25, 0.3) is 21.9 Å². The van der Waals surface area contributed by atoms with Crippen molar-refractivity contribution in [2.45, 2.75) is 18.9 Å². The first-order valence-corrected chi connectivity index (χ1v) is 11.3. The molecule has 2 aliphatic rings. The summed E-state index contributed by atoms with van der Waals surface area (Å²) in [6.07, 6.45) is 7.18. The lowest BCUT2D eigenvalue weighted by Gasteiger charge is -2.32. The van der Waals surface area contributed by atoms with Crippen molar-refractivity contribution in [3.8, 4) is 22.9 Å². The lowest BCUT2D eigenvalue weighted by Crippen LogP contribution is -3.13. The number of carbonyl (C=O) groups is 1. The average molecular weight is 442 g/mol. The first-order valence-electron chi connectivity index (χ1n) is 11.3. The molecule has 0 spiro atoms. The van der Waals surface area contributed by atoms with E-state index in [0.29, 0.717) is 18.7 Å². The molecule has 1 amide bonds. The summed E-state index contributed by atoms with van der Waals surface area (Å²) in [7, 11) is 2.03. The number of ether oxygens (including phenoxy) is 1. The minimum atomic E-state index is 0.0346. The van der Waals surface area contributed by atoms with Gasteiger partial charge in [0.05, 0.1) is 18.7 Å². The van der Waals surface area contributed by atoms with Crippen molar-refractivity contribution in [1.29, 1.82) is 5.26 Å². The fourth-order valence-electron chi connectivity index (χ4n) is 4.58. The fourth-order valence-corrected chi connectivity index (χ4v) is 4.58. The fraction of sp³-hybridized carbons (Fsp3) is 0.269. The molecule has 1 atom stereocenters. The van der Waals surface area contributed by atoms with Gasteiger partial charge >= 0.3 is 5.91 Å². The first kappa shape index (κ1) is 21.1. The number of likely N-dealkylation sites (N-methyl/N-ethyl adjacent to an activating group) is 1. The molecule has 33 heavy (non-hydrogen) atoms. The van der Waals surface area contributed by atoms with E-state index in [1.807, 2.05) is 54.7 Å². The summed E-state index contributed by atoms with van der Waals surface area (Å²) in [4.78, 5) is 20.2. The van der Waals surface area contributed by atoms with E-state index in [4.69, 9.17) is 4.74 Å². The molecule has 1 aromatic heterocycles. The zero-order valence-electron chi connectivity index (χ0n) is 18.6. The quantitative estimate of drug-likeness (QED) is 0.633. The number of nitrogens with one attached hydrogen (secondary N) is 1. The van der Waals surface area contributed by atoms with Crippen LogP contribution in [0.1, 0.15) is 18.4 Å². The molecule has 0 saturated carbocycles. The number of aromatic nitrogens is 1. The Morgan fingerprint density at radius 1 is 1.21 bits per heavy atom. The Kier molecular flexibility index (Phi) is 5.78. The number of likely N-dealkylation sites (tertiary alicyclic amines) is 1. The predicted molar refractivity (Wildman–Crippen MR) is 124 cm³/mol. The molecule has 7 nitrogen and oxygen atoms in total. The SMILES string of the molecule is C[NH+]1C[NH2+]C=C1C(=O)N1CCC(Oc2cc(-c3cccc(C#N)c3)cc3ccncc23)CC1. The van der Waals surface area contributed by atoms with Crippen molar-refractivity contribution in [1.82, 2.24) is 9.88 Å². The second kappa shape index (κ2) is 9.02. The Morgan fingerprint density at radius 2 is 2.06 bits per heavy atom. The smallest absolute Gasteiger partial charge is 0.313 e. The van der Waals surface area contributed by atoms with E-state index in [2.05, 4.69) is 22.4 Å². The number of nitriles is 1. The van der Waals surface area contributed by atoms with Crippen LogP contribution in [0.15, 0.2) is 66.8 Å². The molecule has 7 heteroatoms. The van der Waals surface area contributed by atoms with Crippen LogP contribution in [0.4, 0.5) is 0 Å². The number of hydrogen-bond donors (Lipinski definition) is 2. The molecular formula is C26H27N5O2+2.